The summed E-state index contributed by atoms with van der Waals surface area (Å²) in [5.74, 6) is 0.430. The Morgan fingerprint density at radius 3 is 2.60 bits per heavy atom. The molecule has 1 aliphatic rings. The molecule has 3 heterocycles. The zero-order chi connectivity index (χ0) is 17.9. The van der Waals surface area contributed by atoms with Gasteiger partial charge in [0.2, 0.25) is 10.0 Å². The highest BCUT2D eigenvalue weighted by Crippen LogP contribution is 2.26. The van der Waals surface area contributed by atoms with Crippen molar-refractivity contribution in [3.63, 3.8) is 0 Å². The standard InChI is InChI=1S/C17H25N5O2S/c1-3-8-21-13-15(12-20-21)17-16(18-6-7-19-17)11-14-4-9-22(10-5-14)25(2,23)24/h6-7,12-14H,3-5,8-11H2,1-2H3. The van der Waals surface area contributed by atoms with Crippen molar-refractivity contribution < 1.29 is 8.42 Å². The maximum absolute atomic E-state index is 11.6. The largest absolute Gasteiger partial charge is 0.272 e. The Morgan fingerprint density at radius 2 is 1.92 bits per heavy atom. The number of aromatic nitrogens is 4. The Morgan fingerprint density at radius 1 is 1.20 bits per heavy atom. The summed E-state index contributed by atoms with van der Waals surface area (Å²) in [5.41, 5.74) is 2.84. The van der Waals surface area contributed by atoms with Crippen LogP contribution in [0, 0.1) is 5.92 Å². The van der Waals surface area contributed by atoms with E-state index in [1.54, 1.807) is 16.7 Å². The van der Waals surface area contributed by atoms with Gasteiger partial charge in [-0.15, -0.1) is 0 Å². The zero-order valence-corrected chi connectivity index (χ0v) is 15.6. The Balaban J connectivity index is 1.71. The molecule has 0 unspecified atom stereocenters. The molecular formula is C17H25N5O2S. The molecule has 0 atom stereocenters. The van der Waals surface area contributed by atoms with Crippen molar-refractivity contribution in [2.45, 2.75) is 39.2 Å². The van der Waals surface area contributed by atoms with E-state index in [2.05, 4.69) is 22.0 Å². The van der Waals surface area contributed by atoms with Gasteiger partial charge in [0, 0.05) is 43.8 Å². The van der Waals surface area contributed by atoms with Gasteiger partial charge in [0.25, 0.3) is 0 Å². The summed E-state index contributed by atoms with van der Waals surface area (Å²) in [6, 6.07) is 0. The van der Waals surface area contributed by atoms with Gasteiger partial charge in [0.05, 0.1) is 23.8 Å². The van der Waals surface area contributed by atoms with Crippen LogP contribution in [0.2, 0.25) is 0 Å². The summed E-state index contributed by atoms with van der Waals surface area (Å²) in [7, 11) is -3.08. The van der Waals surface area contributed by atoms with Crippen LogP contribution in [0.3, 0.4) is 0 Å². The Bertz CT molecular complexity index is 810. The SMILES string of the molecule is CCCn1cc(-c2nccnc2CC2CCN(S(C)(=O)=O)CC2)cn1. The van der Waals surface area contributed by atoms with Crippen molar-refractivity contribution in [2.75, 3.05) is 19.3 Å². The van der Waals surface area contributed by atoms with Crippen LogP contribution >= 0.6 is 0 Å². The second-order valence-electron chi connectivity index (χ2n) is 6.65. The van der Waals surface area contributed by atoms with Gasteiger partial charge in [0.1, 0.15) is 0 Å². The van der Waals surface area contributed by atoms with Crippen LogP contribution in [-0.2, 0) is 23.0 Å². The number of piperidine rings is 1. The fourth-order valence-electron chi connectivity index (χ4n) is 3.31. The van der Waals surface area contributed by atoms with E-state index in [1.165, 1.54) is 6.26 Å². The quantitative estimate of drug-likeness (QED) is 0.784. The van der Waals surface area contributed by atoms with Crippen molar-refractivity contribution in [3.8, 4) is 11.3 Å². The van der Waals surface area contributed by atoms with Gasteiger partial charge in [-0.3, -0.25) is 14.6 Å². The minimum atomic E-state index is -3.08. The number of aryl methyl sites for hydroxylation is 1. The summed E-state index contributed by atoms with van der Waals surface area (Å²) < 4.78 is 26.8. The first-order valence-electron chi connectivity index (χ1n) is 8.75. The fraction of sp³-hybridized carbons (Fsp3) is 0.588. The molecule has 8 heteroatoms. The molecule has 1 fully saturated rings. The van der Waals surface area contributed by atoms with Gasteiger partial charge in [-0.1, -0.05) is 6.92 Å². The van der Waals surface area contributed by atoms with E-state index in [1.807, 2.05) is 17.1 Å². The molecule has 0 bridgehead atoms. The molecule has 0 amide bonds. The van der Waals surface area contributed by atoms with Gasteiger partial charge in [-0.2, -0.15) is 5.10 Å². The van der Waals surface area contributed by atoms with Crippen molar-refractivity contribution >= 4 is 10.0 Å². The monoisotopic (exact) mass is 363 g/mol. The molecule has 3 rings (SSSR count). The molecule has 0 N–H and O–H groups in total. The van der Waals surface area contributed by atoms with Crippen LogP contribution in [0.5, 0.6) is 0 Å². The summed E-state index contributed by atoms with van der Waals surface area (Å²) in [4.78, 5) is 9.06. The topological polar surface area (TPSA) is 81.0 Å². The molecule has 0 saturated carbocycles. The maximum Gasteiger partial charge on any atom is 0.211 e. The molecule has 0 spiro atoms. The maximum atomic E-state index is 11.6. The second kappa shape index (κ2) is 7.61. The number of hydrogen-bond donors (Lipinski definition) is 0. The van der Waals surface area contributed by atoms with Gasteiger partial charge in [0.15, 0.2) is 0 Å². The number of rotatable bonds is 6. The van der Waals surface area contributed by atoms with Gasteiger partial charge in [-0.05, 0) is 31.6 Å². The van der Waals surface area contributed by atoms with Crippen LogP contribution in [0.15, 0.2) is 24.8 Å². The normalized spacial score (nSPS) is 17.0. The number of nitrogens with zero attached hydrogens (tertiary/aromatic N) is 5. The van der Waals surface area contributed by atoms with E-state index < -0.39 is 10.0 Å². The molecule has 0 aromatic carbocycles. The molecule has 0 radical (unpaired) electrons. The van der Waals surface area contributed by atoms with E-state index in [4.69, 9.17) is 0 Å². The first kappa shape index (κ1) is 18.0. The third-order valence-corrected chi connectivity index (χ3v) is 5.96. The summed E-state index contributed by atoms with van der Waals surface area (Å²) >= 11 is 0. The van der Waals surface area contributed by atoms with E-state index >= 15 is 0 Å². The lowest BCUT2D eigenvalue weighted by atomic mass is 9.92. The molecule has 1 aliphatic heterocycles. The van der Waals surface area contributed by atoms with Crippen molar-refractivity contribution in [1.29, 1.82) is 0 Å². The molecule has 1 saturated heterocycles. The minimum absolute atomic E-state index is 0.430. The highest BCUT2D eigenvalue weighted by atomic mass is 32.2. The third-order valence-electron chi connectivity index (χ3n) is 4.66. The number of sulfonamides is 1. The van der Waals surface area contributed by atoms with Crippen LogP contribution in [0.1, 0.15) is 31.9 Å². The van der Waals surface area contributed by atoms with Gasteiger partial charge >= 0.3 is 0 Å². The predicted molar refractivity (Wildman–Crippen MR) is 96.4 cm³/mol. The smallest absolute Gasteiger partial charge is 0.211 e. The highest BCUT2D eigenvalue weighted by molar-refractivity contribution is 7.88. The van der Waals surface area contributed by atoms with Gasteiger partial charge < -0.3 is 0 Å². The van der Waals surface area contributed by atoms with Crippen molar-refractivity contribution in [3.05, 3.63) is 30.5 Å². The summed E-state index contributed by atoms with van der Waals surface area (Å²) in [6.45, 7) is 4.19. The highest BCUT2D eigenvalue weighted by Gasteiger charge is 2.26. The minimum Gasteiger partial charge on any atom is -0.272 e. The van der Waals surface area contributed by atoms with Crippen LogP contribution < -0.4 is 0 Å². The average Bonchev–Trinajstić information content (AvgIpc) is 3.04. The van der Waals surface area contributed by atoms with Crippen LogP contribution in [0.4, 0.5) is 0 Å². The van der Waals surface area contributed by atoms with E-state index in [0.717, 1.165) is 49.2 Å². The molecule has 136 valence electrons. The second-order valence-corrected chi connectivity index (χ2v) is 8.64. The zero-order valence-electron chi connectivity index (χ0n) is 14.8. The third kappa shape index (κ3) is 4.43. The van der Waals surface area contributed by atoms with Crippen LogP contribution in [0.25, 0.3) is 11.3 Å². The van der Waals surface area contributed by atoms with E-state index in [0.29, 0.717) is 19.0 Å². The molecule has 2 aromatic rings. The molecular weight excluding hydrogens is 338 g/mol. The lowest BCUT2D eigenvalue weighted by molar-refractivity contribution is 0.273. The Labute approximate surface area is 149 Å². The first-order chi connectivity index (χ1) is 12.0. The van der Waals surface area contributed by atoms with Crippen LogP contribution in [-0.4, -0.2) is 51.8 Å². The van der Waals surface area contributed by atoms with Crippen molar-refractivity contribution in [1.82, 2.24) is 24.1 Å². The fourth-order valence-corrected chi connectivity index (χ4v) is 4.19. The Hall–Kier alpha value is -1.80. The first-order valence-corrected chi connectivity index (χ1v) is 10.6. The van der Waals surface area contributed by atoms with Gasteiger partial charge in [-0.25, -0.2) is 12.7 Å². The number of hydrogen-bond acceptors (Lipinski definition) is 5. The summed E-state index contributed by atoms with van der Waals surface area (Å²) in [6.07, 6.45) is 12.1. The lowest BCUT2D eigenvalue weighted by Gasteiger charge is -2.30. The molecule has 0 aliphatic carbocycles. The predicted octanol–water partition coefficient (Wildman–Crippen LogP) is 1.96. The Kier molecular flexibility index (Phi) is 5.48. The molecule has 7 nitrogen and oxygen atoms in total. The van der Waals surface area contributed by atoms with E-state index in [-0.39, 0.29) is 0 Å². The lowest BCUT2D eigenvalue weighted by Crippen LogP contribution is -2.38. The summed E-state index contributed by atoms with van der Waals surface area (Å²) in [5, 5.41) is 4.38. The van der Waals surface area contributed by atoms with Crippen molar-refractivity contribution in [2.24, 2.45) is 5.92 Å². The average molecular weight is 363 g/mol. The molecule has 25 heavy (non-hydrogen) atoms. The molecule has 2 aromatic heterocycles. The van der Waals surface area contributed by atoms with E-state index in [9.17, 15) is 8.42 Å².